The lowest BCUT2D eigenvalue weighted by molar-refractivity contribution is 0.0692. The van der Waals surface area contributed by atoms with Crippen molar-refractivity contribution in [3.63, 3.8) is 0 Å². The predicted molar refractivity (Wildman–Crippen MR) is 82.8 cm³/mol. The fraction of sp³-hybridized carbons (Fsp3) is 0.235. The lowest BCUT2D eigenvalue weighted by atomic mass is 10.0. The second-order valence-corrected chi connectivity index (χ2v) is 5.23. The molecule has 3 N–H and O–H groups in total. The van der Waals surface area contributed by atoms with E-state index in [0.717, 1.165) is 16.7 Å². The molecule has 0 amide bonds. The number of carbonyl (C=O) groups is 1. The van der Waals surface area contributed by atoms with Crippen LogP contribution in [0.3, 0.4) is 0 Å². The average molecular weight is 285 g/mol. The molecule has 21 heavy (non-hydrogen) atoms. The predicted octanol–water partition coefficient (Wildman–Crippen LogP) is 3.47. The van der Waals surface area contributed by atoms with Gasteiger partial charge in [0, 0.05) is 11.8 Å². The summed E-state index contributed by atoms with van der Waals surface area (Å²) in [7, 11) is 0. The maximum Gasteiger partial charge on any atom is 0.339 e. The third kappa shape index (κ3) is 3.34. The van der Waals surface area contributed by atoms with Crippen molar-refractivity contribution in [1.82, 2.24) is 0 Å². The van der Waals surface area contributed by atoms with Crippen molar-refractivity contribution in [1.29, 1.82) is 0 Å². The van der Waals surface area contributed by atoms with Crippen LogP contribution >= 0.6 is 0 Å². The highest BCUT2D eigenvalue weighted by Gasteiger charge is 2.13. The molecule has 0 aliphatic carbocycles. The largest absolute Gasteiger partial charge is 0.488 e. The summed E-state index contributed by atoms with van der Waals surface area (Å²) in [6.45, 7) is 6.42. The monoisotopic (exact) mass is 285 g/mol. The van der Waals surface area contributed by atoms with Gasteiger partial charge in [-0.25, -0.2) is 4.79 Å². The summed E-state index contributed by atoms with van der Waals surface area (Å²) < 4.78 is 5.71. The molecular formula is C17H19NO3. The lowest BCUT2D eigenvalue weighted by Gasteiger charge is -2.14. The molecule has 2 aromatic rings. The van der Waals surface area contributed by atoms with Crippen LogP contribution in [-0.2, 0) is 6.61 Å². The first-order chi connectivity index (χ1) is 9.88. The number of hydrogen-bond acceptors (Lipinski definition) is 3. The number of nitrogens with two attached hydrogens (primary N) is 1. The van der Waals surface area contributed by atoms with Crippen molar-refractivity contribution in [3.8, 4) is 5.75 Å². The summed E-state index contributed by atoms with van der Waals surface area (Å²) in [4.78, 5) is 11.2. The Bertz CT molecular complexity index is 669. The number of anilines is 1. The van der Waals surface area contributed by atoms with E-state index in [1.807, 2.05) is 20.8 Å². The first kappa shape index (κ1) is 14.9. The molecule has 0 fully saturated rings. The number of ether oxygens (including phenoxy) is 1. The van der Waals surface area contributed by atoms with E-state index in [4.69, 9.17) is 10.5 Å². The maximum absolute atomic E-state index is 11.2. The highest BCUT2D eigenvalue weighted by atomic mass is 16.5. The van der Waals surface area contributed by atoms with Gasteiger partial charge in [-0.2, -0.15) is 0 Å². The van der Waals surface area contributed by atoms with Crippen molar-refractivity contribution in [2.75, 3.05) is 5.73 Å². The summed E-state index contributed by atoms with van der Waals surface area (Å²) in [5, 5.41) is 9.18. The molecular weight excluding hydrogens is 266 g/mol. The quantitative estimate of drug-likeness (QED) is 0.844. The number of carboxylic acid groups (broad SMARTS) is 1. The van der Waals surface area contributed by atoms with Gasteiger partial charge in [0.2, 0.25) is 0 Å². The van der Waals surface area contributed by atoms with Crippen LogP contribution in [-0.4, -0.2) is 11.1 Å². The number of nitrogen functional groups attached to an aromatic ring is 1. The zero-order valence-corrected chi connectivity index (χ0v) is 12.4. The van der Waals surface area contributed by atoms with Gasteiger partial charge in [-0.1, -0.05) is 17.7 Å². The smallest absolute Gasteiger partial charge is 0.339 e. The second-order valence-electron chi connectivity index (χ2n) is 5.23. The van der Waals surface area contributed by atoms with Crippen LogP contribution in [0.4, 0.5) is 5.69 Å². The Morgan fingerprint density at radius 1 is 1.14 bits per heavy atom. The number of aromatic carboxylic acids is 1. The first-order valence-electron chi connectivity index (χ1n) is 6.71. The van der Waals surface area contributed by atoms with Crippen molar-refractivity contribution in [2.24, 2.45) is 0 Å². The molecule has 0 heterocycles. The van der Waals surface area contributed by atoms with E-state index >= 15 is 0 Å². The van der Waals surface area contributed by atoms with E-state index in [1.165, 1.54) is 11.6 Å². The Morgan fingerprint density at radius 2 is 1.76 bits per heavy atom. The van der Waals surface area contributed by atoms with Gasteiger partial charge in [-0.15, -0.1) is 0 Å². The van der Waals surface area contributed by atoms with Crippen LogP contribution < -0.4 is 10.5 Å². The Hall–Kier alpha value is -2.49. The van der Waals surface area contributed by atoms with Gasteiger partial charge in [-0.3, -0.25) is 0 Å². The maximum atomic E-state index is 11.2. The minimum atomic E-state index is -1.03. The molecule has 0 bridgehead atoms. The van der Waals surface area contributed by atoms with E-state index in [2.05, 4.69) is 12.1 Å². The van der Waals surface area contributed by atoms with Gasteiger partial charge < -0.3 is 15.6 Å². The molecule has 2 aromatic carbocycles. The minimum Gasteiger partial charge on any atom is -0.488 e. The first-order valence-corrected chi connectivity index (χ1v) is 6.71. The van der Waals surface area contributed by atoms with Crippen LogP contribution in [0.5, 0.6) is 5.75 Å². The zero-order valence-electron chi connectivity index (χ0n) is 12.4. The SMILES string of the molecule is Cc1cc(C)c(COc2cc(N)ccc2C(=O)O)c(C)c1. The molecule has 0 aromatic heterocycles. The molecule has 0 saturated heterocycles. The van der Waals surface area contributed by atoms with Gasteiger partial charge >= 0.3 is 5.97 Å². The normalized spacial score (nSPS) is 10.4. The molecule has 4 nitrogen and oxygen atoms in total. The summed E-state index contributed by atoms with van der Waals surface area (Å²) >= 11 is 0. The van der Waals surface area contributed by atoms with E-state index in [-0.39, 0.29) is 5.56 Å². The summed E-state index contributed by atoms with van der Waals surface area (Å²) in [6.07, 6.45) is 0. The molecule has 0 radical (unpaired) electrons. The van der Waals surface area contributed by atoms with Gasteiger partial charge in [0.25, 0.3) is 0 Å². The second kappa shape index (κ2) is 5.87. The van der Waals surface area contributed by atoms with E-state index in [9.17, 15) is 9.90 Å². The van der Waals surface area contributed by atoms with Gasteiger partial charge in [0.1, 0.15) is 17.9 Å². The zero-order chi connectivity index (χ0) is 15.6. The third-order valence-corrected chi connectivity index (χ3v) is 3.45. The summed E-state index contributed by atoms with van der Waals surface area (Å²) in [5.41, 5.74) is 10.8. The molecule has 0 aliphatic rings. The van der Waals surface area contributed by atoms with Crippen LogP contribution in [0.2, 0.25) is 0 Å². The summed E-state index contributed by atoms with van der Waals surface area (Å²) in [6, 6.07) is 8.73. The molecule has 0 aliphatic heterocycles. The average Bonchev–Trinajstić information content (AvgIpc) is 2.37. The van der Waals surface area contributed by atoms with Crippen molar-refractivity contribution < 1.29 is 14.6 Å². The van der Waals surface area contributed by atoms with E-state index in [1.54, 1.807) is 12.1 Å². The standard InChI is InChI=1S/C17H19NO3/c1-10-6-11(2)15(12(3)7-10)9-21-16-8-13(18)4-5-14(16)17(19)20/h4-8H,9,18H2,1-3H3,(H,19,20). The van der Waals surface area contributed by atoms with Gasteiger partial charge in [0.05, 0.1) is 0 Å². The molecule has 0 unspecified atom stereocenters. The number of carboxylic acids is 1. The Labute approximate surface area is 124 Å². The van der Waals surface area contributed by atoms with Crippen LogP contribution in [0.25, 0.3) is 0 Å². The van der Waals surface area contributed by atoms with E-state index in [0.29, 0.717) is 18.0 Å². The van der Waals surface area contributed by atoms with Crippen LogP contribution in [0, 0.1) is 20.8 Å². The van der Waals surface area contributed by atoms with Gasteiger partial charge in [0.15, 0.2) is 0 Å². The number of hydrogen-bond donors (Lipinski definition) is 2. The fourth-order valence-corrected chi connectivity index (χ4v) is 2.42. The lowest BCUT2D eigenvalue weighted by Crippen LogP contribution is -2.06. The van der Waals surface area contributed by atoms with Crippen molar-refractivity contribution in [2.45, 2.75) is 27.4 Å². The fourth-order valence-electron chi connectivity index (χ4n) is 2.42. The Balaban J connectivity index is 2.28. The number of aryl methyl sites for hydroxylation is 3. The Kier molecular flexibility index (Phi) is 4.17. The minimum absolute atomic E-state index is 0.117. The molecule has 110 valence electrons. The Morgan fingerprint density at radius 3 is 2.33 bits per heavy atom. The molecule has 4 heteroatoms. The highest BCUT2D eigenvalue weighted by molar-refractivity contribution is 5.91. The molecule has 0 saturated carbocycles. The molecule has 0 atom stereocenters. The molecule has 2 rings (SSSR count). The topological polar surface area (TPSA) is 72.5 Å². The number of rotatable bonds is 4. The number of benzene rings is 2. The van der Waals surface area contributed by atoms with E-state index < -0.39 is 5.97 Å². The van der Waals surface area contributed by atoms with Gasteiger partial charge in [-0.05, 0) is 49.6 Å². The van der Waals surface area contributed by atoms with Crippen LogP contribution in [0.15, 0.2) is 30.3 Å². The summed E-state index contributed by atoms with van der Waals surface area (Å²) in [5.74, 6) is -0.732. The highest BCUT2D eigenvalue weighted by Crippen LogP contribution is 2.25. The van der Waals surface area contributed by atoms with Crippen molar-refractivity contribution >= 4 is 11.7 Å². The van der Waals surface area contributed by atoms with Crippen LogP contribution in [0.1, 0.15) is 32.6 Å². The van der Waals surface area contributed by atoms with Crippen molar-refractivity contribution in [3.05, 3.63) is 58.1 Å². The third-order valence-electron chi connectivity index (χ3n) is 3.45. The molecule has 0 spiro atoms.